The van der Waals surface area contributed by atoms with Crippen LogP contribution in [0.1, 0.15) is 18.4 Å². The topological polar surface area (TPSA) is 44.4 Å². The maximum Gasteiger partial charge on any atom is 0.239 e. The van der Waals surface area contributed by atoms with E-state index in [0.29, 0.717) is 12.8 Å². The highest BCUT2D eigenvalue weighted by Gasteiger charge is 2.30. The largest absolute Gasteiger partial charge is 0.364 e. The van der Waals surface area contributed by atoms with Crippen molar-refractivity contribution in [2.24, 2.45) is 0 Å². The number of nitrogens with one attached hydrogen (secondary N) is 2. The third-order valence-electron chi connectivity index (χ3n) is 4.07. The number of anilines is 2. The van der Waals surface area contributed by atoms with E-state index in [2.05, 4.69) is 15.5 Å². The molecule has 2 N–H and O–H groups in total. The third-order valence-corrected chi connectivity index (χ3v) is 4.07. The first-order chi connectivity index (χ1) is 10.1. The van der Waals surface area contributed by atoms with Gasteiger partial charge in [-0.3, -0.25) is 4.79 Å². The van der Waals surface area contributed by atoms with Crippen LogP contribution in [0.15, 0.2) is 18.2 Å². The molecule has 0 spiro atoms. The molecular weight excluding hydrogens is 276 g/mol. The van der Waals surface area contributed by atoms with Crippen molar-refractivity contribution in [2.45, 2.75) is 31.7 Å². The average molecular weight is 295 g/mol. The molecule has 4 nitrogen and oxygen atoms in total. The Morgan fingerprint density at radius 3 is 3.05 bits per heavy atom. The summed E-state index contributed by atoms with van der Waals surface area (Å²) in [5.41, 5.74) is 2.63. The quantitative estimate of drug-likeness (QED) is 0.896. The van der Waals surface area contributed by atoms with E-state index in [1.807, 2.05) is 18.2 Å². The lowest BCUT2D eigenvalue weighted by molar-refractivity contribution is -0.116. The Morgan fingerprint density at radius 1 is 1.38 bits per heavy atom. The average Bonchev–Trinajstić information content (AvgIpc) is 2.60. The second-order valence-corrected chi connectivity index (χ2v) is 5.58. The Labute approximate surface area is 122 Å². The fraction of sp³-hybridized carbons (Fsp3) is 0.533. The molecule has 1 aromatic carbocycles. The predicted octanol–water partition coefficient (Wildman–Crippen LogP) is 2.00. The van der Waals surface area contributed by atoms with Crippen LogP contribution >= 0.6 is 0 Å². The van der Waals surface area contributed by atoms with Crippen LogP contribution in [0.3, 0.4) is 0 Å². The van der Waals surface area contributed by atoms with E-state index in [0.717, 1.165) is 36.6 Å². The molecule has 0 aliphatic carbocycles. The molecule has 1 atom stereocenters. The first-order valence-electron chi connectivity index (χ1n) is 7.32. The maximum absolute atomic E-state index is 12.4. The number of carbonyl (C=O) groups is 1. The van der Waals surface area contributed by atoms with Crippen LogP contribution in [0.4, 0.5) is 20.2 Å². The van der Waals surface area contributed by atoms with Crippen molar-refractivity contribution in [1.29, 1.82) is 0 Å². The van der Waals surface area contributed by atoms with E-state index >= 15 is 0 Å². The highest BCUT2D eigenvalue weighted by atomic mass is 19.3. The molecule has 114 valence electrons. The number of hydrogen-bond donors (Lipinski definition) is 2. The molecule has 2 aliphatic rings. The van der Waals surface area contributed by atoms with E-state index in [1.54, 1.807) is 0 Å². The maximum atomic E-state index is 12.4. The number of rotatable bonds is 3. The Kier molecular flexibility index (Phi) is 4.05. The Morgan fingerprint density at radius 2 is 2.24 bits per heavy atom. The summed E-state index contributed by atoms with van der Waals surface area (Å²) in [4.78, 5) is 14.2. The van der Waals surface area contributed by atoms with Crippen LogP contribution in [0.2, 0.25) is 0 Å². The lowest BCUT2D eigenvalue weighted by Gasteiger charge is -2.36. The molecule has 21 heavy (non-hydrogen) atoms. The summed E-state index contributed by atoms with van der Waals surface area (Å²) in [6, 6.07) is 5.73. The molecule has 1 amide bonds. The zero-order valence-corrected chi connectivity index (χ0v) is 11.7. The van der Waals surface area contributed by atoms with E-state index in [1.165, 1.54) is 0 Å². The molecule has 1 fully saturated rings. The van der Waals surface area contributed by atoms with E-state index in [9.17, 15) is 13.6 Å². The molecule has 0 bridgehead atoms. The minimum atomic E-state index is -2.28. The number of aryl methyl sites for hydroxylation is 1. The van der Waals surface area contributed by atoms with Gasteiger partial charge in [0.1, 0.15) is 0 Å². The Balaban J connectivity index is 1.90. The second kappa shape index (κ2) is 5.97. The monoisotopic (exact) mass is 295 g/mol. The van der Waals surface area contributed by atoms with Crippen molar-refractivity contribution in [2.75, 3.05) is 29.9 Å². The number of hydrogen-bond acceptors (Lipinski definition) is 3. The van der Waals surface area contributed by atoms with Gasteiger partial charge in [0, 0.05) is 32.5 Å². The van der Waals surface area contributed by atoms with Gasteiger partial charge >= 0.3 is 0 Å². The van der Waals surface area contributed by atoms with Crippen LogP contribution < -0.4 is 15.5 Å². The normalized spacial score (nSPS) is 21.6. The number of carbonyl (C=O) groups excluding carboxylic acids is 1. The minimum Gasteiger partial charge on any atom is -0.364 e. The first-order valence-corrected chi connectivity index (χ1v) is 7.32. The molecule has 1 unspecified atom stereocenters. The van der Waals surface area contributed by atoms with Crippen molar-refractivity contribution in [3.63, 3.8) is 0 Å². The van der Waals surface area contributed by atoms with Crippen molar-refractivity contribution >= 4 is 17.3 Å². The molecule has 0 saturated carbocycles. The zero-order chi connectivity index (χ0) is 14.8. The molecule has 1 aromatic rings. The molecule has 3 rings (SSSR count). The smallest absolute Gasteiger partial charge is 0.239 e. The number of benzene rings is 1. The second-order valence-electron chi connectivity index (χ2n) is 5.58. The fourth-order valence-corrected chi connectivity index (χ4v) is 3.03. The van der Waals surface area contributed by atoms with Crippen molar-refractivity contribution in [3.8, 4) is 0 Å². The molecule has 6 heteroatoms. The standard InChI is InChI=1S/C15H19F2N3O/c16-14(17)4-2-10-1-3-12-13(7-10)20-6-5-18-9-11(20)8-15(21)19-12/h1,3,7,11,14,18H,2,4-6,8-9H2,(H,19,21). The summed E-state index contributed by atoms with van der Waals surface area (Å²) in [5.74, 6) is 0.00720. The van der Waals surface area contributed by atoms with Gasteiger partial charge in [0.05, 0.1) is 17.4 Å². The van der Waals surface area contributed by atoms with Crippen LogP contribution in [0.25, 0.3) is 0 Å². The van der Waals surface area contributed by atoms with E-state index in [4.69, 9.17) is 0 Å². The summed E-state index contributed by atoms with van der Waals surface area (Å²) in [6.45, 7) is 2.46. The van der Waals surface area contributed by atoms with E-state index < -0.39 is 6.43 Å². The van der Waals surface area contributed by atoms with E-state index in [-0.39, 0.29) is 18.4 Å². The highest BCUT2D eigenvalue weighted by Crippen LogP contribution is 2.33. The minimum absolute atomic E-state index is 0.00720. The number of nitrogens with zero attached hydrogens (tertiary/aromatic N) is 1. The van der Waals surface area contributed by atoms with Crippen molar-refractivity contribution in [3.05, 3.63) is 23.8 Å². The number of piperazine rings is 1. The Bertz CT molecular complexity index is 536. The van der Waals surface area contributed by atoms with Gasteiger partial charge in [-0.05, 0) is 24.1 Å². The Hall–Kier alpha value is -1.69. The van der Waals surface area contributed by atoms with Gasteiger partial charge in [-0.15, -0.1) is 0 Å². The summed E-state index contributed by atoms with van der Waals surface area (Å²) in [5, 5.41) is 6.21. The van der Waals surface area contributed by atoms with Gasteiger partial charge in [0.15, 0.2) is 0 Å². The summed E-state index contributed by atoms with van der Waals surface area (Å²) in [6.07, 6.45) is -1.60. The van der Waals surface area contributed by atoms with Crippen LogP contribution in [0.5, 0.6) is 0 Å². The molecule has 0 radical (unpaired) electrons. The number of halogens is 2. The van der Waals surface area contributed by atoms with Crippen molar-refractivity contribution < 1.29 is 13.6 Å². The number of alkyl halides is 2. The lowest BCUT2D eigenvalue weighted by atomic mass is 10.1. The van der Waals surface area contributed by atoms with Crippen LogP contribution in [-0.2, 0) is 11.2 Å². The molecule has 2 aliphatic heterocycles. The van der Waals surface area contributed by atoms with Gasteiger partial charge in [0.25, 0.3) is 0 Å². The van der Waals surface area contributed by atoms with Gasteiger partial charge in [-0.1, -0.05) is 6.07 Å². The third kappa shape index (κ3) is 3.15. The van der Waals surface area contributed by atoms with Gasteiger partial charge in [0.2, 0.25) is 12.3 Å². The number of amides is 1. The lowest BCUT2D eigenvalue weighted by Crippen LogP contribution is -2.51. The van der Waals surface area contributed by atoms with Gasteiger partial charge < -0.3 is 15.5 Å². The molecule has 2 heterocycles. The van der Waals surface area contributed by atoms with Gasteiger partial charge in [-0.2, -0.15) is 0 Å². The molecule has 1 saturated heterocycles. The van der Waals surface area contributed by atoms with Crippen LogP contribution in [-0.4, -0.2) is 38.0 Å². The van der Waals surface area contributed by atoms with Gasteiger partial charge in [-0.25, -0.2) is 8.78 Å². The highest BCUT2D eigenvalue weighted by molar-refractivity contribution is 5.97. The fourth-order valence-electron chi connectivity index (χ4n) is 3.03. The summed E-state index contributed by atoms with van der Waals surface area (Å²) in [7, 11) is 0. The zero-order valence-electron chi connectivity index (χ0n) is 11.7. The first kappa shape index (κ1) is 14.3. The number of fused-ring (bicyclic) bond motifs is 3. The SMILES string of the molecule is O=C1CC2CNCCN2c2cc(CCC(F)F)ccc2N1. The van der Waals surface area contributed by atoms with Crippen LogP contribution in [0, 0.1) is 0 Å². The molecular formula is C15H19F2N3O. The summed E-state index contributed by atoms with van der Waals surface area (Å²) >= 11 is 0. The predicted molar refractivity (Wildman–Crippen MR) is 78.0 cm³/mol. The molecule has 0 aromatic heterocycles. The van der Waals surface area contributed by atoms with Crippen molar-refractivity contribution in [1.82, 2.24) is 5.32 Å². The summed E-state index contributed by atoms with van der Waals surface area (Å²) < 4.78 is 24.7.